The van der Waals surface area contributed by atoms with Crippen LogP contribution in [0.3, 0.4) is 0 Å². The van der Waals surface area contributed by atoms with Crippen molar-refractivity contribution >= 4 is 22.0 Å². The van der Waals surface area contributed by atoms with Gasteiger partial charge in [-0.1, -0.05) is 0 Å². The third-order valence-electron chi connectivity index (χ3n) is 4.74. The van der Waals surface area contributed by atoms with Gasteiger partial charge in [0, 0.05) is 35.9 Å². The number of amides is 1. The number of piperidine rings is 1. The van der Waals surface area contributed by atoms with Crippen LogP contribution in [-0.4, -0.2) is 44.4 Å². The van der Waals surface area contributed by atoms with E-state index in [4.69, 9.17) is 4.74 Å². The molecule has 0 bridgehead atoms. The fourth-order valence-electron chi connectivity index (χ4n) is 3.59. The maximum absolute atomic E-state index is 12.2. The molecular weight excluding hydrogens is 384 g/mol. The first-order valence-corrected chi connectivity index (χ1v) is 9.26. The van der Waals surface area contributed by atoms with E-state index in [1.165, 1.54) is 0 Å². The van der Waals surface area contributed by atoms with Crippen LogP contribution in [0, 0.1) is 11.8 Å². The predicted octanol–water partition coefficient (Wildman–Crippen LogP) is 3.61. The molecule has 0 spiro atoms. The van der Waals surface area contributed by atoms with Crippen molar-refractivity contribution in [2.45, 2.75) is 32.3 Å². The molecule has 0 radical (unpaired) electrons. The number of fused-ring (bicyclic) bond motifs is 1. The second-order valence-electron chi connectivity index (χ2n) is 7.76. The Balaban J connectivity index is 1.39. The Labute approximate surface area is 155 Å². The first kappa shape index (κ1) is 16.6. The molecule has 3 atom stereocenters. The molecular formula is C18H21BrN4O2. The zero-order valence-electron chi connectivity index (χ0n) is 14.5. The van der Waals surface area contributed by atoms with E-state index in [-0.39, 0.29) is 6.09 Å². The van der Waals surface area contributed by atoms with Crippen LogP contribution in [0.15, 0.2) is 35.1 Å². The molecule has 1 saturated carbocycles. The Kier molecular flexibility index (Phi) is 3.86. The van der Waals surface area contributed by atoms with Crippen molar-refractivity contribution in [1.82, 2.24) is 19.7 Å². The van der Waals surface area contributed by atoms with Gasteiger partial charge in [0.2, 0.25) is 0 Å². The van der Waals surface area contributed by atoms with Crippen LogP contribution in [0.1, 0.15) is 32.4 Å². The van der Waals surface area contributed by atoms with E-state index in [1.807, 2.05) is 44.0 Å². The fraction of sp³-hybridized carbons (Fsp3) is 0.500. The second kappa shape index (κ2) is 5.83. The molecule has 7 heteroatoms. The number of hydrogen-bond donors (Lipinski definition) is 0. The molecule has 132 valence electrons. The number of rotatable bonds is 2. The van der Waals surface area contributed by atoms with Crippen LogP contribution in [0.25, 0.3) is 5.82 Å². The maximum Gasteiger partial charge on any atom is 0.410 e. The Morgan fingerprint density at radius 3 is 2.56 bits per heavy atom. The molecule has 3 heterocycles. The van der Waals surface area contributed by atoms with Crippen molar-refractivity contribution in [2.24, 2.45) is 11.8 Å². The number of carbonyl (C=O) groups is 1. The highest BCUT2D eigenvalue weighted by molar-refractivity contribution is 9.10. The average Bonchev–Trinajstić information content (AvgIpc) is 2.94. The van der Waals surface area contributed by atoms with E-state index in [2.05, 4.69) is 32.1 Å². The summed E-state index contributed by atoms with van der Waals surface area (Å²) in [5, 5.41) is 4.69. The number of pyridine rings is 1. The number of hydrogen-bond acceptors (Lipinski definition) is 4. The van der Waals surface area contributed by atoms with Gasteiger partial charge in [0.15, 0.2) is 5.82 Å². The summed E-state index contributed by atoms with van der Waals surface area (Å²) in [5.41, 5.74) is 0.642. The zero-order valence-corrected chi connectivity index (χ0v) is 16.1. The quantitative estimate of drug-likeness (QED) is 0.766. The summed E-state index contributed by atoms with van der Waals surface area (Å²) < 4.78 is 8.21. The van der Waals surface area contributed by atoms with E-state index in [0.29, 0.717) is 17.8 Å². The Hall–Kier alpha value is -1.89. The minimum atomic E-state index is -0.445. The van der Waals surface area contributed by atoms with Gasteiger partial charge in [-0.05, 0) is 66.7 Å². The molecule has 2 aromatic rings. The van der Waals surface area contributed by atoms with Gasteiger partial charge in [0.05, 0.1) is 5.69 Å². The summed E-state index contributed by atoms with van der Waals surface area (Å²) in [5.74, 6) is 2.23. The molecule has 25 heavy (non-hydrogen) atoms. The monoisotopic (exact) mass is 404 g/mol. The number of aromatic nitrogens is 3. The number of carbonyl (C=O) groups excluding carboxylic acids is 1. The molecule has 6 nitrogen and oxygen atoms in total. The highest BCUT2D eigenvalue weighted by Crippen LogP contribution is 2.57. The van der Waals surface area contributed by atoms with Crippen molar-refractivity contribution in [2.75, 3.05) is 13.1 Å². The largest absolute Gasteiger partial charge is 0.444 e. The fourth-order valence-corrected chi connectivity index (χ4v) is 3.82. The lowest BCUT2D eigenvalue weighted by molar-refractivity contribution is 0.0270. The Morgan fingerprint density at radius 2 is 1.96 bits per heavy atom. The summed E-state index contributed by atoms with van der Waals surface area (Å²) in [6.07, 6.45) is 3.51. The lowest BCUT2D eigenvalue weighted by Gasteiger charge is -2.25. The van der Waals surface area contributed by atoms with E-state index in [0.717, 1.165) is 29.1 Å². The van der Waals surface area contributed by atoms with Gasteiger partial charge in [-0.25, -0.2) is 14.5 Å². The van der Waals surface area contributed by atoms with Crippen LogP contribution in [-0.2, 0) is 4.74 Å². The lowest BCUT2D eigenvalue weighted by atomic mass is 10.2. The SMILES string of the molecule is CC(C)(C)OC(=O)N1C[C@@H]2C(c3ccn(-c4ccc(Br)cn4)n3)[C@@H]2C1. The third-order valence-corrected chi connectivity index (χ3v) is 5.21. The van der Waals surface area contributed by atoms with Crippen LogP contribution in [0.4, 0.5) is 4.79 Å². The molecule has 0 N–H and O–H groups in total. The minimum absolute atomic E-state index is 0.206. The summed E-state index contributed by atoms with van der Waals surface area (Å²) in [6.45, 7) is 7.20. The Morgan fingerprint density at radius 1 is 1.24 bits per heavy atom. The Bertz CT molecular complexity index is 784. The zero-order chi connectivity index (χ0) is 17.8. The summed E-state index contributed by atoms with van der Waals surface area (Å²) >= 11 is 3.39. The molecule has 0 aromatic carbocycles. The van der Waals surface area contributed by atoms with Crippen molar-refractivity contribution in [1.29, 1.82) is 0 Å². The van der Waals surface area contributed by atoms with Gasteiger partial charge in [0.25, 0.3) is 0 Å². The summed E-state index contributed by atoms with van der Waals surface area (Å²) in [7, 11) is 0. The minimum Gasteiger partial charge on any atom is -0.444 e. The van der Waals surface area contributed by atoms with Crippen LogP contribution in [0.2, 0.25) is 0 Å². The van der Waals surface area contributed by atoms with Crippen molar-refractivity contribution < 1.29 is 9.53 Å². The molecule has 1 saturated heterocycles. The predicted molar refractivity (Wildman–Crippen MR) is 96.6 cm³/mol. The van der Waals surface area contributed by atoms with E-state index < -0.39 is 5.60 Å². The molecule has 1 unspecified atom stereocenters. The first-order valence-electron chi connectivity index (χ1n) is 8.47. The van der Waals surface area contributed by atoms with E-state index in [1.54, 1.807) is 10.9 Å². The van der Waals surface area contributed by atoms with Gasteiger partial charge in [-0.3, -0.25) is 0 Å². The van der Waals surface area contributed by atoms with Crippen molar-refractivity contribution in [3.8, 4) is 5.82 Å². The van der Waals surface area contributed by atoms with Gasteiger partial charge in [-0.15, -0.1) is 0 Å². The van der Waals surface area contributed by atoms with Crippen LogP contribution in [0.5, 0.6) is 0 Å². The standard InChI is InChI=1S/C18H21BrN4O2/c1-18(2,3)25-17(24)22-9-12-13(10-22)16(12)14-6-7-23(21-14)15-5-4-11(19)8-20-15/h4-8,12-13,16H,9-10H2,1-3H3/t12-,13+,16?. The normalized spacial score (nSPS) is 25.0. The molecule has 2 aromatic heterocycles. The smallest absolute Gasteiger partial charge is 0.410 e. The number of halogens is 1. The van der Waals surface area contributed by atoms with Gasteiger partial charge >= 0.3 is 6.09 Å². The highest BCUT2D eigenvalue weighted by Gasteiger charge is 2.58. The molecule has 1 aliphatic heterocycles. The van der Waals surface area contributed by atoms with E-state index in [9.17, 15) is 4.79 Å². The van der Waals surface area contributed by atoms with E-state index >= 15 is 0 Å². The lowest BCUT2D eigenvalue weighted by Crippen LogP contribution is -2.36. The van der Waals surface area contributed by atoms with Gasteiger partial charge in [0.1, 0.15) is 5.60 Å². The average molecular weight is 405 g/mol. The molecule has 4 rings (SSSR count). The van der Waals surface area contributed by atoms with Crippen molar-refractivity contribution in [3.63, 3.8) is 0 Å². The first-order chi connectivity index (χ1) is 11.8. The molecule has 2 fully saturated rings. The molecule has 1 aliphatic carbocycles. The summed E-state index contributed by atoms with van der Waals surface area (Å²) in [4.78, 5) is 18.3. The maximum atomic E-state index is 12.2. The molecule has 1 amide bonds. The topological polar surface area (TPSA) is 60.2 Å². The number of likely N-dealkylation sites (tertiary alicyclic amines) is 1. The number of nitrogens with zero attached hydrogens (tertiary/aromatic N) is 4. The van der Waals surface area contributed by atoms with Gasteiger partial charge < -0.3 is 9.64 Å². The van der Waals surface area contributed by atoms with Crippen molar-refractivity contribution in [3.05, 3.63) is 40.8 Å². The molecule has 2 aliphatic rings. The van der Waals surface area contributed by atoms with Gasteiger partial charge in [-0.2, -0.15) is 5.10 Å². The second-order valence-corrected chi connectivity index (χ2v) is 8.67. The van der Waals surface area contributed by atoms with Crippen LogP contribution < -0.4 is 0 Å². The highest BCUT2D eigenvalue weighted by atomic mass is 79.9. The third kappa shape index (κ3) is 3.29. The summed E-state index contributed by atoms with van der Waals surface area (Å²) in [6, 6.07) is 5.94. The van der Waals surface area contributed by atoms with Crippen LogP contribution >= 0.6 is 15.9 Å². The number of ether oxygens (including phenoxy) is 1.